The predicted octanol–water partition coefficient (Wildman–Crippen LogP) is 3.45. The van der Waals surface area contributed by atoms with Crippen LogP contribution in [0.4, 0.5) is 0 Å². The van der Waals surface area contributed by atoms with E-state index in [-0.39, 0.29) is 11.8 Å². The highest BCUT2D eigenvalue weighted by Gasteiger charge is 2.29. The van der Waals surface area contributed by atoms with Gasteiger partial charge >= 0.3 is 0 Å². The number of aryl methyl sites for hydroxylation is 1. The van der Waals surface area contributed by atoms with Crippen LogP contribution in [-0.4, -0.2) is 35.0 Å². The highest BCUT2D eigenvalue weighted by atomic mass is 16.3. The van der Waals surface area contributed by atoms with E-state index in [1.165, 1.54) is 0 Å². The first kappa shape index (κ1) is 19.6. The standard InChI is InChI=1S/C23H30N2O2/c1-17-7-6-10-20(13-17)22(26)16-25(15-19-8-4-3-5-9-19)23(27)21-11-12-24-18(2)14-21/h3-10,13,18,21-22,24,26H,11-12,14-16H2,1-2H3/t18-,21-,22?/m0/s1. The molecule has 2 aromatic rings. The summed E-state index contributed by atoms with van der Waals surface area (Å²) in [5.41, 5.74) is 3.06. The third kappa shape index (κ3) is 5.41. The number of aliphatic hydroxyl groups excluding tert-OH is 1. The number of hydrogen-bond donors (Lipinski definition) is 2. The molecule has 2 aromatic carbocycles. The maximum absolute atomic E-state index is 13.3. The summed E-state index contributed by atoms with van der Waals surface area (Å²) in [5.74, 6) is 0.175. The van der Waals surface area contributed by atoms with Crippen LogP contribution in [-0.2, 0) is 11.3 Å². The topological polar surface area (TPSA) is 52.6 Å². The lowest BCUT2D eigenvalue weighted by Gasteiger charge is -2.33. The fourth-order valence-corrected chi connectivity index (χ4v) is 3.84. The third-order valence-electron chi connectivity index (χ3n) is 5.32. The van der Waals surface area contributed by atoms with Gasteiger partial charge in [0.1, 0.15) is 0 Å². The van der Waals surface area contributed by atoms with Crippen molar-refractivity contribution in [1.29, 1.82) is 0 Å². The van der Waals surface area contributed by atoms with Gasteiger partial charge in [-0.2, -0.15) is 0 Å². The smallest absolute Gasteiger partial charge is 0.226 e. The molecule has 1 amide bonds. The van der Waals surface area contributed by atoms with Gasteiger partial charge in [0.25, 0.3) is 0 Å². The molecule has 0 spiro atoms. The normalized spacial score (nSPS) is 20.9. The van der Waals surface area contributed by atoms with E-state index in [9.17, 15) is 9.90 Å². The number of carbonyl (C=O) groups excluding carboxylic acids is 1. The predicted molar refractivity (Wildman–Crippen MR) is 108 cm³/mol. The van der Waals surface area contributed by atoms with Crippen LogP contribution < -0.4 is 5.32 Å². The molecule has 1 unspecified atom stereocenters. The van der Waals surface area contributed by atoms with Crippen LogP contribution in [0, 0.1) is 12.8 Å². The van der Waals surface area contributed by atoms with Crippen LogP contribution in [0.2, 0.25) is 0 Å². The van der Waals surface area contributed by atoms with E-state index >= 15 is 0 Å². The first-order chi connectivity index (χ1) is 13.0. The van der Waals surface area contributed by atoms with Crippen molar-refractivity contribution in [3.05, 3.63) is 71.3 Å². The molecule has 3 rings (SSSR count). The molecule has 4 heteroatoms. The Kier molecular flexibility index (Phi) is 6.64. The third-order valence-corrected chi connectivity index (χ3v) is 5.32. The van der Waals surface area contributed by atoms with E-state index in [1.54, 1.807) is 0 Å². The first-order valence-corrected chi connectivity index (χ1v) is 9.83. The Morgan fingerprint density at radius 2 is 2.00 bits per heavy atom. The van der Waals surface area contributed by atoms with E-state index in [2.05, 4.69) is 12.2 Å². The molecule has 0 bridgehead atoms. The largest absolute Gasteiger partial charge is 0.387 e. The van der Waals surface area contributed by atoms with Gasteiger partial charge in [-0.25, -0.2) is 0 Å². The number of nitrogens with zero attached hydrogens (tertiary/aromatic N) is 1. The average Bonchev–Trinajstić information content (AvgIpc) is 2.67. The Balaban J connectivity index is 1.77. The SMILES string of the molecule is Cc1cccc(C(O)CN(Cc2ccccc2)C(=O)[C@H]2CCN[C@@H](C)C2)c1. The molecule has 1 aliphatic heterocycles. The Bertz CT molecular complexity index is 747. The minimum atomic E-state index is -0.684. The Labute approximate surface area is 162 Å². The van der Waals surface area contributed by atoms with Crippen molar-refractivity contribution in [1.82, 2.24) is 10.2 Å². The molecule has 1 heterocycles. The minimum Gasteiger partial charge on any atom is -0.387 e. The molecule has 144 valence electrons. The summed E-state index contributed by atoms with van der Waals surface area (Å²) in [4.78, 5) is 15.1. The number of hydrogen-bond acceptors (Lipinski definition) is 3. The van der Waals surface area contributed by atoms with E-state index in [4.69, 9.17) is 0 Å². The number of nitrogens with one attached hydrogen (secondary N) is 1. The molecule has 3 atom stereocenters. The number of carbonyl (C=O) groups is 1. The number of piperidine rings is 1. The van der Waals surface area contributed by atoms with Gasteiger partial charge in [-0.05, 0) is 44.4 Å². The number of aliphatic hydroxyl groups is 1. The Morgan fingerprint density at radius 3 is 2.70 bits per heavy atom. The van der Waals surface area contributed by atoms with Crippen molar-refractivity contribution in [2.45, 2.75) is 45.4 Å². The van der Waals surface area contributed by atoms with Crippen LogP contribution in [0.5, 0.6) is 0 Å². The van der Waals surface area contributed by atoms with Crippen molar-refractivity contribution in [3.63, 3.8) is 0 Å². The van der Waals surface area contributed by atoms with Crippen LogP contribution >= 0.6 is 0 Å². The Morgan fingerprint density at radius 1 is 1.22 bits per heavy atom. The van der Waals surface area contributed by atoms with Gasteiger partial charge < -0.3 is 15.3 Å². The van der Waals surface area contributed by atoms with Crippen molar-refractivity contribution in [3.8, 4) is 0 Å². The van der Waals surface area contributed by atoms with Crippen molar-refractivity contribution < 1.29 is 9.90 Å². The lowest BCUT2D eigenvalue weighted by Crippen LogP contribution is -2.45. The van der Waals surface area contributed by atoms with E-state index in [0.29, 0.717) is 19.1 Å². The minimum absolute atomic E-state index is 0.0228. The summed E-state index contributed by atoms with van der Waals surface area (Å²) >= 11 is 0. The van der Waals surface area contributed by atoms with Crippen LogP contribution in [0.25, 0.3) is 0 Å². The van der Waals surface area contributed by atoms with Crippen LogP contribution in [0.3, 0.4) is 0 Å². The lowest BCUT2D eigenvalue weighted by atomic mass is 9.91. The van der Waals surface area contributed by atoms with Gasteiger partial charge in [-0.15, -0.1) is 0 Å². The lowest BCUT2D eigenvalue weighted by molar-refractivity contribution is -0.139. The summed E-state index contributed by atoms with van der Waals surface area (Å²) in [7, 11) is 0. The zero-order chi connectivity index (χ0) is 19.2. The van der Waals surface area contributed by atoms with Gasteiger partial charge in [-0.1, -0.05) is 60.2 Å². The molecule has 0 aromatic heterocycles. The van der Waals surface area contributed by atoms with E-state index in [1.807, 2.05) is 66.4 Å². The molecule has 2 N–H and O–H groups in total. The highest BCUT2D eigenvalue weighted by molar-refractivity contribution is 5.79. The summed E-state index contributed by atoms with van der Waals surface area (Å²) in [6, 6.07) is 18.3. The summed E-state index contributed by atoms with van der Waals surface area (Å²) in [6.07, 6.45) is 1.02. The fraction of sp³-hybridized carbons (Fsp3) is 0.435. The van der Waals surface area contributed by atoms with E-state index < -0.39 is 6.10 Å². The quantitative estimate of drug-likeness (QED) is 0.823. The van der Waals surface area contributed by atoms with Gasteiger partial charge in [-0.3, -0.25) is 4.79 Å². The molecule has 27 heavy (non-hydrogen) atoms. The molecule has 4 nitrogen and oxygen atoms in total. The van der Waals surface area contributed by atoms with Crippen LogP contribution in [0.15, 0.2) is 54.6 Å². The fourth-order valence-electron chi connectivity index (χ4n) is 3.84. The summed E-state index contributed by atoms with van der Waals surface area (Å²) < 4.78 is 0. The molecule has 0 saturated carbocycles. The zero-order valence-corrected chi connectivity index (χ0v) is 16.3. The van der Waals surface area contributed by atoms with Crippen LogP contribution in [0.1, 0.15) is 42.6 Å². The first-order valence-electron chi connectivity index (χ1n) is 9.83. The number of benzene rings is 2. The second-order valence-electron chi connectivity index (χ2n) is 7.71. The molecular weight excluding hydrogens is 336 g/mol. The maximum Gasteiger partial charge on any atom is 0.226 e. The van der Waals surface area contributed by atoms with E-state index in [0.717, 1.165) is 36.1 Å². The van der Waals surface area contributed by atoms with Crippen molar-refractivity contribution in [2.75, 3.05) is 13.1 Å². The second-order valence-corrected chi connectivity index (χ2v) is 7.71. The number of amides is 1. The number of rotatable bonds is 6. The van der Waals surface area contributed by atoms with Crippen molar-refractivity contribution in [2.24, 2.45) is 5.92 Å². The molecule has 1 saturated heterocycles. The van der Waals surface area contributed by atoms with Gasteiger partial charge in [0, 0.05) is 18.5 Å². The second kappa shape index (κ2) is 9.16. The van der Waals surface area contributed by atoms with Gasteiger partial charge in [0.15, 0.2) is 0 Å². The molecule has 1 fully saturated rings. The Hall–Kier alpha value is -2.17. The summed E-state index contributed by atoms with van der Waals surface area (Å²) in [6.45, 7) is 5.86. The van der Waals surface area contributed by atoms with Gasteiger partial charge in [0.05, 0.1) is 12.6 Å². The average molecular weight is 367 g/mol. The maximum atomic E-state index is 13.3. The highest BCUT2D eigenvalue weighted by Crippen LogP contribution is 2.23. The zero-order valence-electron chi connectivity index (χ0n) is 16.3. The van der Waals surface area contributed by atoms with Crippen molar-refractivity contribution >= 4 is 5.91 Å². The monoisotopic (exact) mass is 366 g/mol. The molecule has 0 radical (unpaired) electrons. The molecular formula is C23H30N2O2. The summed E-state index contributed by atoms with van der Waals surface area (Å²) in [5, 5.41) is 14.2. The molecule has 1 aliphatic rings. The van der Waals surface area contributed by atoms with Gasteiger partial charge in [0.2, 0.25) is 5.91 Å². The molecule has 0 aliphatic carbocycles.